The number of rotatable bonds is 5. The molecule has 0 fully saturated rings. The Balaban J connectivity index is 1.77. The van der Waals surface area contributed by atoms with Crippen LogP contribution < -0.4 is 4.74 Å². The Morgan fingerprint density at radius 2 is 1.63 bits per heavy atom. The maximum absolute atomic E-state index is 6.06. The van der Waals surface area contributed by atoms with Crippen LogP contribution in [0.25, 0.3) is 0 Å². The minimum absolute atomic E-state index is 0.486. The molecule has 0 radical (unpaired) electrons. The van der Waals surface area contributed by atoms with Crippen molar-refractivity contribution in [3.8, 4) is 5.75 Å². The number of nitrogens with zero attached hydrogens (tertiary/aromatic N) is 1. The van der Waals surface area contributed by atoms with Gasteiger partial charge in [-0.1, -0.05) is 45.7 Å². The van der Waals surface area contributed by atoms with Crippen molar-refractivity contribution in [3.63, 3.8) is 0 Å². The van der Waals surface area contributed by atoms with E-state index in [0.717, 1.165) is 41.5 Å². The molecular formula is C21H15Br3ClNO. The van der Waals surface area contributed by atoms with Gasteiger partial charge in [0.1, 0.15) is 12.4 Å². The molecule has 0 N–H and O–H groups in total. The van der Waals surface area contributed by atoms with E-state index in [2.05, 4.69) is 52.8 Å². The second-order valence-corrected chi connectivity index (χ2v) is 8.98. The Bertz CT molecular complexity index is 964. The molecule has 6 heteroatoms. The van der Waals surface area contributed by atoms with E-state index in [1.165, 1.54) is 0 Å². The summed E-state index contributed by atoms with van der Waals surface area (Å²) in [6, 6.07) is 17.7. The van der Waals surface area contributed by atoms with Crippen LogP contribution in [0.3, 0.4) is 0 Å². The molecule has 2 nitrogen and oxygen atoms in total. The van der Waals surface area contributed by atoms with Crippen LogP contribution in [0.15, 0.2) is 73.0 Å². The van der Waals surface area contributed by atoms with E-state index in [1.54, 1.807) is 0 Å². The van der Waals surface area contributed by atoms with Gasteiger partial charge in [0.25, 0.3) is 0 Å². The summed E-state index contributed by atoms with van der Waals surface area (Å²) in [5.74, 6) is 0.758. The predicted octanol–water partition coefficient (Wildman–Crippen LogP) is 8.27. The largest absolute Gasteiger partial charge is 0.487 e. The number of aryl methyl sites for hydroxylation is 1. The standard InChI is InChI=1S/C21H15Br3ClNO/c1-13-2-7-17(25)10-20(13)26-11-15-8-18(23)21(19(24)9-15)27-12-14-3-5-16(22)6-4-14/h2-11H,12H2,1H3. The molecule has 0 unspecified atom stereocenters. The summed E-state index contributed by atoms with van der Waals surface area (Å²) in [6.45, 7) is 2.49. The lowest BCUT2D eigenvalue weighted by Gasteiger charge is -2.11. The fourth-order valence-corrected chi connectivity index (χ4v) is 4.28. The molecule has 0 aromatic heterocycles. The molecule has 0 heterocycles. The van der Waals surface area contributed by atoms with Crippen LogP contribution in [0.5, 0.6) is 5.75 Å². The highest BCUT2D eigenvalue weighted by Gasteiger charge is 2.09. The zero-order valence-corrected chi connectivity index (χ0v) is 19.9. The average Bonchev–Trinajstić information content (AvgIpc) is 2.63. The molecule has 0 saturated heterocycles. The third-order valence-electron chi connectivity index (χ3n) is 3.84. The molecule has 0 bridgehead atoms. The Morgan fingerprint density at radius 3 is 2.30 bits per heavy atom. The number of halogens is 4. The number of hydrogen-bond acceptors (Lipinski definition) is 2. The van der Waals surface area contributed by atoms with Gasteiger partial charge >= 0.3 is 0 Å². The normalized spacial score (nSPS) is 11.1. The first kappa shape index (κ1) is 20.6. The van der Waals surface area contributed by atoms with Crippen molar-refractivity contribution in [1.29, 1.82) is 0 Å². The summed E-state index contributed by atoms with van der Waals surface area (Å²) in [6.07, 6.45) is 1.81. The molecule has 3 aromatic carbocycles. The van der Waals surface area contributed by atoms with Gasteiger partial charge in [-0.2, -0.15) is 0 Å². The van der Waals surface area contributed by atoms with Gasteiger partial charge in [0, 0.05) is 15.7 Å². The highest BCUT2D eigenvalue weighted by Crippen LogP contribution is 2.35. The molecule has 0 amide bonds. The zero-order chi connectivity index (χ0) is 19.4. The Morgan fingerprint density at radius 1 is 0.963 bits per heavy atom. The van der Waals surface area contributed by atoms with Crippen molar-refractivity contribution in [1.82, 2.24) is 0 Å². The van der Waals surface area contributed by atoms with Crippen molar-refractivity contribution >= 4 is 71.3 Å². The number of aliphatic imine (C=N–C) groups is 1. The summed E-state index contributed by atoms with van der Waals surface area (Å²) in [5.41, 5.74) is 3.97. The van der Waals surface area contributed by atoms with Crippen LogP contribution in [-0.2, 0) is 6.61 Å². The summed E-state index contributed by atoms with van der Waals surface area (Å²) in [5, 5.41) is 0.673. The van der Waals surface area contributed by atoms with Gasteiger partial charge in [0.15, 0.2) is 0 Å². The fraction of sp³-hybridized carbons (Fsp3) is 0.0952. The quantitative estimate of drug-likeness (QED) is 0.282. The van der Waals surface area contributed by atoms with Gasteiger partial charge in [-0.05, 0) is 91.9 Å². The molecular weight excluding hydrogens is 557 g/mol. The van der Waals surface area contributed by atoms with Crippen LogP contribution in [0.1, 0.15) is 16.7 Å². The topological polar surface area (TPSA) is 21.6 Å². The van der Waals surface area contributed by atoms with Crippen LogP contribution >= 0.6 is 59.4 Å². The number of benzene rings is 3. The van der Waals surface area contributed by atoms with E-state index >= 15 is 0 Å². The highest BCUT2D eigenvalue weighted by molar-refractivity contribution is 9.11. The van der Waals surface area contributed by atoms with Gasteiger partial charge in [0.05, 0.1) is 14.6 Å². The first-order chi connectivity index (χ1) is 12.9. The van der Waals surface area contributed by atoms with Gasteiger partial charge in [-0.25, -0.2) is 0 Å². The molecule has 0 aliphatic carbocycles. The van der Waals surface area contributed by atoms with Crippen molar-refractivity contribution in [2.24, 2.45) is 4.99 Å². The molecule has 0 aliphatic rings. The zero-order valence-electron chi connectivity index (χ0n) is 14.3. The summed E-state index contributed by atoms with van der Waals surface area (Å²) < 4.78 is 8.74. The second kappa shape index (κ2) is 9.37. The van der Waals surface area contributed by atoms with Crippen LogP contribution in [0, 0.1) is 6.92 Å². The van der Waals surface area contributed by atoms with Crippen molar-refractivity contribution in [2.45, 2.75) is 13.5 Å². The first-order valence-electron chi connectivity index (χ1n) is 8.09. The number of ether oxygens (including phenoxy) is 1. The third kappa shape index (κ3) is 5.67. The molecule has 3 rings (SSSR count). The molecule has 0 spiro atoms. The molecule has 0 saturated carbocycles. The van der Waals surface area contributed by atoms with Gasteiger partial charge in [-0.3, -0.25) is 4.99 Å². The van der Waals surface area contributed by atoms with E-state index in [1.807, 2.05) is 67.7 Å². The minimum Gasteiger partial charge on any atom is -0.487 e. The lowest BCUT2D eigenvalue weighted by molar-refractivity contribution is 0.302. The molecule has 0 atom stereocenters. The van der Waals surface area contributed by atoms with E-state index in [4.69, 9.17) is 16.3 Å². The maximum Gasteiger partial charge on any atom is 0.148 e. The lowest BCUT2D eigenvalue weighted by Crippen LogP contribution is -1.97. The van der Waals surface area contributed by atoms with Crippen molar-refractivity contribution < 1.29 is 4.74 Å². The van der Waals surface area contributed by atoms with Crippen molar-refractivity contribution in [3.05, 3.63) is 89.7 Å². The first-order valence-corrected chi connectivity index (χ1v) is 10.8. The molecule has 3 aromatic rings. The Hall–Kier alpha value is -1.14. The lowest BCUT2D eigenvalue weighted by atomic mass is 10.2. The van der Waals surface area contributed by atoms with Gasteiger partial charge < -0.3 is 4.74 Å². The third-order valence-corrected chi connectivity index (χ3v) is 5.78. The van der Waals surface area contributed by atoms with Gasteiger partial charge in [0.2, 0.25) is 0 Å². The summed E-state index contributed by atoms with van der Waals surface area (Å²) in [4.78, 5) is 4.55. The Kier molecular flexibility index (Phi) is 7.15. The predicted molar refractivity (Wildman–Crippen MR) is 124 cm³/mol. The minimum atomic E-state index is 0.486. The van der Waals surface area contributed by atoms with E-state index in [0.29, 0.717) is 11.6 Å². The maximum atomic E-state index is 6.06. The van der Waals surface area contributed by atoms with Crippen molar-refractivity contribution in [2.75, 3.05) is 0 Å². The highest BCUT2D eigenvalue weighted by atomic mass is 79.9. The summed E-state index contributed by atoms with van der Waals surface area (Å²) >= 11 is 16.7. The average molecular weight is 573 g/mol. The second-order valence-electron chi connectivity index (χ2n) is 5.92. The molecule has 138 valence electrons. The monoisotopic (exact) mass is 569 g/mol. The molecule has 27 heavy (non-hydrogen) atoms. The SMILES string of the molecule is Cc1ccc(Cl)cc1N=Cc1cc(Br)c(OCc2ccc(Br)cc2)c(Br)c1. The summed E-state index contributed by atoms with van der Waals surface area (Å²) in [7, 11) is 0. The van der Waals surface area contributed by atoms with E-state index in [9.17, 15) is 0 Å². The van der Waals surface area contributed by atoms with E-state index in [-0.39, 0.29) is 0 Å². The van der Waals surface area contributed by atoms with Crippen LogP contribution in [0.2, 0.25) is 5.02 Å². The smallest absolute Gasteiger partial charge is 0.148 e. The molecule has 0 aliphatic heterocycles. The fourth-order valence-electron chi connectivity index (χ4n) is 2.39. The van der Waals surface area contributed by atoms with Crippen LogP contribution in [-0.4, -0.2) is 6.21 Å². The van der Waals surface area contributed by atoms with Gasteiger partial charge in [-0.15, -0.1) is 0 Å². The van der Waals surface area contributed by atoms with E-state index < -0.39 is 0 Å². The number of hydrogen-bond donors (Lipinski definition) is 0. The van der Waals surface area contributed by atoms with Crippen LogP contribution in [0.4, 0.5) is 5.69 Å². The Labute approximate surface area is 189 Å².